The number of phenols is 1. The third-order valence-electron chi connectivity index (χ3n) is 4.71. The molecule has 2 rings (SSSR count). The van der Waals surface area contributed by atoms with Crippen LogP contribution in [0.5, 0.6) is 5.75 Å². The van der Waals surface area contributed by atoms with Crippen LogP contribution in [0.4, 0.5) is 0 Å². The number of hydrogen-bond donors (Lipinski definition) is 2. The largest absolute Gasteiger partial charge is 0.508 e. The minimum atomic E-state index is 0.377. The van der Waals surface area contributed by atoms with Crippen molar-refractivity contribution in [3.05, 3.63) is 29.8 Å². The van der Waals surface area contributed by atoms with E-state index in [0.29, 0.717) is 11.8 Å². The van der Waals surface area contributed by atoms with Crippen molar-refractivity contribution in [1.29, 1.82) is 0 Å². The Morgan fingerprint density at radius 3 is 2.89 bits per heavy atom. The molecule has 0 amide bonds. The van der Waals surface area contributed by atoms with Crippen molar-refractivity contribution in [3.63, 3.8) is 0 Å². The summed E-state index contributed by atoms with van der Waals surface area (Å²) in [4.78, 5) is 0. The van der Waals surface area contributed by atoms with Gasteiger partial charge in [-0.15, -0.1) is 0 Å². The lowest BCUT2D eigenvalue weighted by Gasteiger charge is -2.34. The molecule has 2 heteroatoms. The fourth-order valence-corrected chi connectivity index (χ4v) is 3.51. The number of benzene rings is 1. The molecule has 0 aromatic heterocycles. The Morgan fingerprint density at radius 1 is 1.37 bits per heavy atom. The summed E-state index contributed by atoms with van der Waals surface area (Å²) in [6.07, 6.45) is 7.84. The van der Waals surface area contributed by atoms with Crippen LogP contribution >= 0.6 is 0 Å². The van der Waals surface area contributed by atoms with Crippen molar-refractivity contribution in [2.24, 2.45) is 11.8 Å². The highest BCUT2D eigenvalue weighted by molar-refractivity contribution is 5.27. The summed E-state index contributed by atoms with van der Waals surface area (Å²) in [6.45, 7) is 2.32. The Bertz CT molecular complexity index is 391. The number of nitrogens with one attached hydrogen (secondary N) is 1. The molecule has 1 saturated carbocycles. The zero-order chi connectivity index (χ0) is 13.7. The van der Waals surface area contributed by atoms with E-state index >= 15 is 0 Å². The Balaban J connectivity index is 1.99. The van der Waals surface area contributed by atoms with Crippen LogP contribution in [0.15, 0.2) is 24.3 Å². The maximum absolute atomic E-state index is 9.57. The smallest absolute Gasteiger partial charge is 0.115 e. The normalized spacial score (nSPS) is 25.2. The Hall–Kier alpha value is -1.02. The fraction of sp³-hybridized carbons (Fsp3) is 0.647. The first kappa shape index (κ1) is 14.4. The summed E-state index contributed by atoms with van der Waals surface area (Å²) in [6, 6.07) is 8.23. The SMILES string of the molecule is CCC1CCCC(C(Cc2cccc(O)c2)NC)C1. The van der Waals surface area contributed by atoms with Gasteiger partial charge in [0.2, 0.25) is 0 Å². The van der Waals surface area contributed by atoms with Gasteiger partial charge in [-0.2, -0.15) is 0 Å². The first-order valence-electron chi connectivity index (χ1n) is 7.68. The summed E-state index contributed by atoms with van der Waals surface area (Å²) in [5, 5.41) is 13.1. The first-order valence-corrected chi connectivity index (χ1v) is 7.68. The monoisotopic (exact) mass is 261 g/mol. The van der Waals surface area contributed by atoms with E-state index in [1.807, 2.05) is 12.1 Å². The van der Waals surface area contributed by atoms with Gasteiger partial charge in [0, 0.05) is 6.04 Å². The topological polar surface area (TPSA) is 32.3 Å². The predicted octanol–water partition coefficient (Wildman–Crippen LogP) is 3.74. The third kappa shape index (κ3) is 3.97. The van der Waals surface area contributed by atoms with E-state index in [0.717, 1.165) is 18.3 Å². The van der Waals surface area contributed by atoms with Crippen LogP contribution < -0.4 is 5.32 Å². The van der Waals surface area contributed by atoms with E-state index in [1.54, 1.807) is 6.07 Å². The van der Waals surface area contributed by atoms with Crippen molar-refractivity contribution in [3.8, 4) is 5.75 Å². The summed E-state index contributed by atoms with van der Waals surface area (Å²) < 4.78 is 0. The summed E-state index contributed by atoms with van der Waals surface area (Å²) in [7, 11) is 2.07. The molecule has 1 aromatic rings. The average molecular weight is 261 g/mol. The molecule has 3 unspecified atom stereocenters. The molecule has 106 valence electrons. The van der Waals surface area contributed by atoms with Crippen LogP contribution in [-0.2, 0) is 6.42 Å². The highest BCUT2D eigenvalue weighted by Crippen LogP contribution is 2.33. The standard InChI is InChI=1S/C17H27NO/c1-3-13-6-4-8-15(10-13)17(18-2)12-14-7-5-9-16(19)11-14/h5,7,9,11,13,15,17-19H,3-4,6,8,10,12H2,1-2H3. The molecule has 3 atom stereocenters. The molecule has 0 heterocycles. The van der Waals surface area contributed by atoms with Gasteiger partial charge in [-0.3, -0.25) is 0 Å². The first-order chi connectivity index (χ1) is 9.22. The molecule has 1 aromatic carbocycles. The van der Waals surface area contributed by atoms with Crippen LogP contribution in [0.1, 0.15) is 44.6 Å². The van der Waals surface area contributed by atoms with Crippen LogP contribution in [0, 0.1) is 11.8 Å². The molecular weight excluding hydrogens is 234 g/mol. The van der Waals surface area contributed by atoms with E-state index in [4.69, 9.17) is 0 Å². The molecule has 0 aliphatic heterocycles. The molecule has 0 radical (unpaired) electrons. The van der Waals surface area contributed by atoms with E-state index in [-0.39, 0.29) is 0 Å². The molecule has 0 bridgehead atoms. The second kappa shape index (κ2) is 6.95. The lowest BCUT2D eigenvalue weighted by atomic mass is 9.75. The summed E-state index contributed by atoms with van der Waals surface area (Å²) >= 11 is 0. The molecule has 1 aliphatic rings. The number of rotatable bonds is 5. The van der Waals surface area contributed by atoms with Gasteiger partial charge in [-0.1, -0.05) is 38.3 Å². The Morgan fingerprint density at radius 2 is 2.21 bits per heavy atom. The molecule has 19 heavy (non-hydrogen) atoms. The molecule has 1 fully saturated rings. The van der Waals surface area contributed by atoms with Gasteiger partial charge in [-0.05, 0) is 55.8 Å². The highest BCUT2D eigenvalue weighted by atomic mass is 16.3. The number of likely N-dealkylation sites (N-methyl/N-ethyl adjacent to an activating group) is 1. The molecule has 2 N–H and O–H groups in total. The Kier molecular flexibility index (Phi) is 5.26. The van der Waals surface area contributed by atoms with Gasteiger partial charge in [0.15, 0.2) is 0 Å². The lowest BCUT2D eigenvalue weighted by Crippen LogP contribution is -2.38. The van der Waals surface area contributed by atoms with E-state index < -0.39 is 0 Å². The van der Waals surface area contributed by atoms with Crippen LogP contribution in [-0.4, -0.2) is 18.2 Å². The molecule has 2 nitrogen and oxygen atoms in total. The molecule has 0 saturated heterocycles. The van der Waals surface area contributed by atoms with Gasteiger partial charge in [-0.25, -0.2) is 0 Å². The second-order valence-electron chi connectivity index (χ2n) is 5.97. The number of hydrogen-bond acceptors (Lipinski definition) is 2. The van der Waals surface area contributed by atoms with Crippen molar-refractivity contribution < 1.29 is 5.11 Å². The van der Waals surface area contributed by atoms with Gasteiger partial charge in [0.05, 0.1) is 0 Å². The average Bonchev–Trinajstić information content (AvgIpc) is 2.45. The summed E-state index contributed by atoms with van der Waals surface area (Å²) in [5.41, 5.74) is 1.23. The zero-order valence-corrected chi connectivity index (χ0v) is 12.2. The van der Waals surface area contributed by atoms with Crippen LogP contribution in [0.3, 0.4) is 0 Å². The Labute approximate surface area is 117 Å². The second-order valence-corrected chi connectivity index (χ2v) is 5.97. The van der Waals surface area contributed by atoms with Crippen LogP contribution in [0.2, 0.25) is 0 Å². The quantitative estimate of drug-likeness (QED) is 0.846. The van der Waals surface area contributed by atoms with Gasteiger partial charge in [0.25, 0.3) is 0 Å². The number of phenolic OH excluding ortho intramolecular Hbond substituents is 1. The summed E-state index contributed by atoms with van der Waals surface area (Å²) in [5.74, 6) is 2.08. The third-order valence-corrected chi connectivity index (χ3v) is 4.71. The van der Waals surface area contributed by atoms with Crippen molar-refractivity contribution in [2.75, 3.05) is 7.05 Å². The van der Waals surface area contributed by atoms with Crippen molar-refractivity contribution in [1.82, 2.24) is 5.32 Å². The zero-order valence-electron chi connectivity index (χ0n) is 12.2. The maximum Gasteiger partial charge on any atom is 0.115 e. The van der Waals surface area contributed by atoms with Crippen molar-refractivity contribution >= 4 is 0 Å². The predicted molar refractivity (Wildman–Crippen MR) is 80.4 cm³/mol. The van der Waals surface area contributed by atoms with E-state index in [2.05, 4.69) is 25.4 Å². The van der Waals surface area contributed by atoms with E-state index in [1.165, 1.54) is 37.7 Å². The van der Waals surface area contributed by atoms with Crippen molar-refractivity contribution in [2.45, 2.75) is 51.5 Å². The molecule has 0 spiro atoms. The molecular formula is C17H27NO. The minimum Gasteiger partial charge on any atom is -0.508 e. The van der Waals surface area contributed by atoms with Crippen LogP contribution in [0.25, 0.3) is 0 Å². The minimum absolute atomic E-state index is 0.377. The van der Waals surface area contributed by atoms with E-state index in [9.17, 15) is 5.11 Å². The number of aromatic hydroxyl groups is 1. The van der Waals surface area contributed by atoms with Gasteiger partial charge < -0.3 is 10.4 Å². The molecule has 1 aliphatic carbocycles. The van der Waals surface area contributed by atoms with Gasteiger partial charge >= 0.3 is 0 Å². The fourth-order valence-electron chi connectivity index (χ4n) is 3.51. The lowest BCUT2D eigenvalue weighted by molar-refractivity contribution is 0.212. The van der Waals surface area contributed by atoms with Gasteiger partial charge in [0.1, 0.15) is 5.75 Å². The maximum atomic E-state index is 9.57. The highest BCUT2D eigenvalue weighted by Gasteiger charge is 2.26.